The molecular formula is C18H19F3N4O2. The Kier molecular flexibility index (Phi) is 5.20. The van der Waals surface area contributed by atoms with E-state index in [9.17, 15) is 18.0 Å². The molecule has 27 heavy (non-hydrogen) atoms. The third-order valence-electron chi connectivity index (χ3n) is 4.30. The van der Waals surface area contributed by atoms with Gasteiger partial charge in [0.15, 0.2) is 6.04 Å². The molecule has 2 heterocycles. The molecule has 1 aromatic heterocycles. The lowest BCUT2D eigenvalue weighted by Crippen LogP contribution is -2.38. The van der Waals surface area contributed by atoms with Crippen molar-refractivity contribution in [1.82, 2.24) is 9.97 Å². The molecule has 0 bridgehead atoms. The number of nitrogens with one attached hydrogen (secondary N) is 1. The molecule has 2 aromatic rings. The fraction of sp³-hybridized carbons (Fsp3) is 0.389. The molecule has 0 saturated carbocycles. The highest BCUT2D eigenvalue weighted by Gasteiger charge is 2.42. The second kappa shape index (κ2) is 7.42. The highest BCUT2D eigenvalue weighted by Crippen LogP contribution is 2.35. The number of rotatable bonds is 5. The van der Waals surface area contributed by atoms with Gasteiger partial charge >= 0.3 is 12.3 Å². The second-order valence-corrected chi connectivity index (χ2v) is 6.53. The fourth-order valence-electron chi connectivity index (χ4n) is 2.87. The minimum atomic E-state index is -4.55. The summed E-state index contributed by atoms with van der Waals surface area (Å²) >= 11 is 0. The molecule has 1 aliphatic rings. The predicted molar refractivity (Wildman–Crippen MR) is 93.3 cm³/mol. The summed E-state index contributed by atoms with van der Waals surface area (Å²) < 4.78 is 45.6. The lowest BCUT2D eigenvalue weighted by molar-refractivity contribution is -0.144. The number of anilines is 2. The summed E-state index contributed by atoms with van der Waals surface area (Å²) in [6.07, 6.45) is -3.81. The number of carbonyl (C=O) groups excluding carboxylic acids is 1. The van der Waals surface area contributed by atoms with Crippen LogP contribution in [0.15, 0.2) is 42.6 Å². The van der Waals surface area contributed by atoms with E-state index in [1.165, 1.54) is 41.4 Å². The Hall–Kier alpha value is -2.84. The van der Waals surface area contributed by atoms with Crippen LogP contribution in [0.2, 0.25) is 0 Å². The van der Waals surface area contributed by atoms with Crippen molar-refractivity contribution in [3.05, 3.63) is 48.2 Å². The van der Waals surface area contributed by atoms with E-state index in [1.807, 2.05) is 13.8 Å². The second-order valence-electron chi connectivity index (χ2n) is 6.53. The van der Waals surface area contributed by atoms with Gasteiger partial charge in [0.25, 0.3) is 0 Å². The summed E-state index contributed by atoms with van der Waals surface area (Å²) in [4.78, 5) is 21.4. The zero-order valence-electron chi connectivity index (χ0n) is 14.8. The number of alkyl halides is 3. The third kappa shape index (κ3) is 4.12. The normalized spacial score (nSPS) is 18.5. The number of amides is 1. The van der Waals surface area contributed by atoms with Crippen molar-refractivity contribution in [2.45, 2.75) is 32.1 Å². The Morgan fingerprint density at radius 2 is 1.93 bits per heavy atom. The van der Waals surface area contributed by atoms with E-state index in [0.29, 0.717) is 0 Å². The average molecular weight is 380 g/mol. The zero-order chi connectivity index (χ0) is 19.6. The van der Waals surface area contributed by atoms with Gasteiger partial charge < -0.3 is 10.1 Å². The smallest absolute Gasteiger partial charge is 0.415 e. The highest BCUT2D eigenvalue weighted by atomic mass is 19.4. The number of benzene rings is 1. The van der Waals surface area contributed by atoms with Gasteiger partial charge in [0.05, 0.1) is 6.04 Å². The zero-order valence-corrected chi connectivity index (χ0v) is 14.8. The monoisotopic (exact) mass is 380 g/mol. The maximum absolute atomic E-state index is 13.5. The molecule has 1 saturated heterocycles. The van der Waals surface area contributed by atoms with Gasteiger partial charge in [0.2, 0.25) is 5.95 Å². The van der Waals surface area contributed by atoms with Crippen LogP contribution in [0.5, 0.6) is 0 Å². The van der Waals surface area contributed by atoms with Gasteiger partial charge in [0, 0.05) is 6.20 Å². The summed E-state index contributed by atoms with van der Waals surface area (Å²) in [5.41, 5.74) is 0.0413. The SMILES string of the molecule is CC(C)[C@H]1COC(=O)N1c1ccnc(N[C@@H](c2ccccc2)C(F)(F)F)n1. The van der Waals surface area contributed by atoms with E-state index < -0.39 is 18.3 Å². The first-order valence-electron chi connectivity index (χ1n) is 8.44. The number of hydrogen-bond donors (Lipinski definition) is 1. The molecule has 2 atom stereocenters. The molecule has 9 heteroatoms. The van der Waals surface area contributed by atoms with Gasteiger partial charge in [-0.15, -0.1) is 0 Å². The molecule has 1 fully saturated rings. The molecule has 6 nitrogen and oxygen atoms in total. The summed E-state index contributed by atoms with van der Waals surface area (Å²) in [5, 5.41) is 2.33. The number of cyclic esters (lactones) is 1. The van der Waals surface area contributed by atoms with Crippen LogP contribution in [-0.2, 0) is 4.74 Å². The highest BCUT2D eigenvalue weighted by molar-refractivity contribution is 5.89. The first kappa shape index (κ1) is 18.9. The minimum Gasteiger partial charge on any atom is -0.447 e. The Balaban J connectivity index is 1.90. The fourth-order valence-corrected chi connectivity index (χ4v) is 2.87. The molecule has 1 aromatic carbocycles. The van der Waals surface area contributed by atoms with Crippen molar-refractivity contribution < 1.29 is 22.7 Å². The van der Waals surface area contributed by atoms with Crippen LogP contribution in [0.1, 0.15) is 25.5 Å². The Labute approximate surface area is 154 Å². The Bertz CT molecular complexity index is 799. The molecule has 1 N–H and O–H groups in total. The van der Waals surface area contributed by atoms with Crippen LogP contribution in [0.3, 0.4) is 0 Å². The van der Waals surface area contributed by atoms with Crippen LogP contribution in [0, 0.1) is 5.92 Å². The molecule has 3 rings (SSSR count). The lowest BCUT2D eigenvalue weighted by Gasteiger charge is -2.25. The van der Waals surface area contributed by atoms with Crippen LogP contribution < -0.4 is 10.2 Å². The Morgan fingerprint density at radius 3 is 2.56 bits per heavy atom. The molecule has 1 amide bonds. The summed E-state index contributed by atoms with van der Waals surface area (Å²) in [5.74, 6) is 0.0682. The first-order chi connectivity index (χ1) is 12.8. The average Bonchev–Trinajstić information content (AvgIpc) is 3.01. The molecule has 0 aliphatic carbocycles. The topological polar surface area (TPSA) is 67.3 Å². The van der Waals surface area contributed by atoms with Gasteiger partial charge in [0.1, 0.15) is 12.4 Å². The van der Waals surface area contributed by atoms with E-state index in [4.69, 9.17) is 4.74 Å². The third-order valence-corrected chi connectivity index (χ3v) is 4.30. The van der Waals surface area contributed by atoms with Crippen LogP contribution in [0.4, 0.5) is 29.7 Å². The van der Waals surface area contributed by atoms with Gasteiger partial charge in [-0.2, -0.15) is 18.2 Å². The number of nitrogens with zero attached hydrogens (tertiary/aromatic N) is 3. The molecular weight excluding hydrogens is 361 g/mol. The Morgan fingerprint density at radius 1 is 1.22 bits per heavy atom. The summed E-state index contributed by atoms with van der Waals surface area (Å²) in [6, 6.07) is 6.70. The van der Waals surface area contributed by atoms with E-state index >= 15 is 0 Å². The van der Waals surface area contributed by atoms with Crippen LogP contribution in [0.25, 0.3) is 0 Å². The maximum Gasteiger partial charge on any atom is 0.415 e. The number of hydrogen-bond acceptors (Lipinski definition) is 5. The summed E-state index contributed by atoms with van der Waals surface area (Å²) in [6.45, 7) is 4.06. The minimum absolute atomic E-state index is 0.0413. The maximum atomic E-state index is 13.5. The van der Waals surface area contributed by atoms with Crippen molar-refractivity contribution >= 4 is 17.9 Å². The standard InChI is InChI=1S/C18H19F3N4O2/c1-11(2)13-10-27-17(26)25(13)14-8-9-22-16(23-14)24-15(18(19,20)21)12-6-4-3-5-7-12/h3-9,11,13,15H,10H2,1-2H3,(H,22,23,24)/t13-,15+/m1/s1. The molecule has 0 spiro atoms. The van der Waals surface area contributed by atoms with Gasteiger partial charge in [-0.25, -0.2) is 9.78 Å². The van der Waals surface area contributed by atoms with E-state index in [1.54, 1.807) is 6.07 Å². The van der Waals surface area contributed by atoms with E-state index in [0.717, 1.165) is 0 Å². The van der Waals surface area contributed by atoms with Crippen molar-refractivity contribution in [3.63, 3.8) is 0 Å². The van der Waals surface area contributed by atoms with Crippen molar-refractivity contribution in [1.29, 1.82) is 0 Å². The molecule has 1 aliphatic heterocycles. The van der Waals surface area contributed by atoms with Gasteiger partial charge in [-0.3, -0.25) is 4.90 Å². The van der Waals surface area contributed by atoms with Crippen LogP contribution in [-0.4, -0.2) is 34.9 Å². The van der Waals surface area contributed by atoms with Crippen molar-refractivity contribution in [2.75, 3.05) is 16.8 Å². The summed E-state index contributed by atoms with van der Waals surface area (Å²) in [7, 11) is 0. The predicted octanol–water partition coefficient (Wildman–Crippen LogP) is 4.17. The van der Waals surface area contributed by atoms with Crippen molar-refractivity contribution in [3.8, 4) is 0 Å². The van der Waals surface area contributed by atoms with Gasteiger partial charge in [-0.1, -0.05) is 44.2 Å². The van der Waals surface area contributed by atoms with E-state index in [-0.39, 0.29) is 35.9 Å². The first-order valence-corrected chi connectivity index (χ1v) is 8.44. The number of ether oxygens (including phenoxy) is 1. The number of carbonyl (C=O) groups is 1. The largest absolute Gasteiger partial charge is 0.447 e. The molecule has 0 radical (unpaired) electrons. The molecule has 144 valence electrons. The molecule has 0 unspecified atom stereocenters. The van der Waals surface area contributed by atoms with Crippen molar-refractivity contribution in [2.24, 2.45) is 5.92 Å². The lowest BCUT2D eigenvalue weighted by atomic mass is 10.0. The van der Waals surface area contributed by atoms with Gasteiger partial charge in [-0.05, 0) is 17.5 Å². The number of aromatic nitrogens is 2. The van der Waals surface area contributed by atoms with E-state index in [2.05, 4.69) is 15.3 Å². The van der Waals surface area contributed by atoms with Crippen LogP contribution >= 0.6 is 0 Å². The quantitative estimate of drug-likeness (QED) is 0.843. The number of halogens is 3.